The SMILES string of the molecule is Cc1cc(N2C3CCC2CC(N)C3)ncc1Br. The van der Waals surface area contributed by atoms with Gasteiger partial charge in [0.1, 0.15) is 5.82 Å². The summed E-state index contributed by atoms with van der Waals surface area (Å²) in [5, 5.41) is 0. The lowest BCUT2D eigenvalue weighted by Crippen LogP contribution is -2.47. The van der Waals surface area contributed by atoms with Crippen molar-refractivity contribution in [1.82, 2.24) is 4.98 Å². The van der Waals surface area contributed by atoms with Gasteiger partial charge >= 0.3 is 0 Å². The summed E-state index contributed by atoms with van der Waals surface area (Å²) in [6, 6.07) is 3.79. The van der Waals surface area contributed by atoms with Gasteiger partial charge < -0.3 is 10.6 Å². The van der Waals surface area contributed by atoms with Gasteiger partial charge in [0, 0.05) is 28.8 Å². The fourth-order valence-corrected chi connectivity index (χ4v) is 3.48. The predicted molar refractivity (Wildman–Crippen MR) is 73.2 cm³/mol. The highest BCUT2D eigenvalue weighted by atomic mass is 79.9. The van der Waals surface area contributed by atoms with Gasteiger partial charge in [-0.05, 0) is 60.2 Å². The monoisotopic (exact) mass is 295 g/mol. The number of nitrogens with two attached hydrogens (primary N) is 1. The first kappa shape index (κ1) is 11.5. The molecule has 17 heavy (non-hydrogen) atoms. The van der Waals surface area contributed by atoms with Crippen LogP contribution in [0.3, 0.4) is 0 Å². The topological polar surface area (TPSA) is 42.1 Å². The minimum absolute atomic E-state index is 0.389. The number of rotatable bonds is 1. The van der Waals surface area contributed by atoms with E-state index in [1.54, 1.807) is 0 Å². The number of aryl methyl sites for hydroxylation is 1. The molecule has 0 aromatic carbocycles. The quantitative estimate of drug-likeness (QED) is 0.866. The van der Waals surface area contributed by atoms with E-state index in [4.69, 9.17) is 5.73 Å². The van der Waals surface area contributed by atoms with Crippen LogP contribution in [0.2, 0.25) is 0 Å². The summed E-state index contributed by atoms with van der Waals surface area (Å²) >= 11 is 3.51. The molecule has 3 nitrogen and oxygen atoms in total. The van der Waals surface area contributed by atoms with Crippen molar-refractivity contribution < 1.29 is 0 Å². The maximum atomic E-state index is 6.10. The molecule has 3 rings (SSSR count). The second-order valence-corrected chi connectivity index (χ2v) is 6.17. The zero-order valence-corrected chi connectivity index (χ0v) is 11.7. The van der Waals surface area contributed by atoms with Crippen LogP contribution >= 0.6 is 15.9 Å². The summed E-state index contributed by atoms with van der Waals surface area (Å²) in [6.07, 6.45) is 6.70. The Bertz CT molecular complexity index is 421. The maximum Gasteiger partial charge on any atom is 0.129 e. The largest absolute Gasteiger partial charge is 0.351 e. The number of pyridine rings is 1. The Morgan fingerprint density at radius 1 is 1.35 bits per heavy atom. The lowest BCUT2D eigenvalue weighted by molar-refractivity contribution is 0.412. The molecule has 2 atom stereocenters. The summed E-state index contributed by atoms with van der Waals surface area (Å²) < 4.78 is 1.09. The van der Waals surface area contributed by atoms with Gasteiger partial charge in [-0.1, -0.05) is 0 Å². The van der Waals surface area contributed by atoms with E-state index in [0.29, 0.717) is 18.1 Å². The lowest BCUT2D eigenvalue weighted by Gasteiger charge is -2.38. The fraction of sp³-hybridized carbons (Fsp3) is 0.615. The van der Waals surface area contributed by atoms with Gasteiger partial charge in [-0.15, -0.1) is 0 Å². The highest BCUT2D eigenvalue weighted by molar-refractivity contribution is 9.10. The van der Waals surface area contributed by atoms with Crippen LogP contribution in [-0.4, -0.2) is 23.1 Å². The van der Waals surface area contributed by atoms with Crippen molar-refractivity contribution in [3.63, 3.8) is 0 Å². The number of fused-ring (bicyclic) bond motifs is 2. The minimum atomic E-state index is 0.389. The zero-order valence-electron chi connectivity index (χ0n) is 10.1. The Morgan fingerprint density at radius 2 is 2.00 bits per heavy atom. The van der Waals surface area contributed by atoms with Crippen LogP contribution in [0.5, 0.6) is 0 Å². The van der Waals surface area contributed by atoms with E-state index in [9.17, 15) is 0 Å². The molecule has 0 spiro atoms. The van der Waals surface area contributed by atoms with Gasteiger partial charge in [-0.2, -0.15) is 0 Å². The molecule has 2 unspecified atom stereocenters. The van der Waals surface area contributed by atoms with E-state index in [1.165, 1.54) is 18.4 Å². The third-order valence-corrected chi connectivity index (χ3v) is 4.90. The van der Waals surface area contributed by atoms with Crippen molar-refractivity contribution in [2.45, 2.75) is 50.7 Å². The van der Waals surface area contributed by atoms with Gasteiger partial charge in [0.2, 0.25) is 0 Å². The van der Waals surface area contributed by atoms with Crippen LogP contribution in [0.15, 0.2) is 16.7 Å². The van der Waals surface area contributed by atoms with Crippen LogP contribution in [0.1, 0.15) is 31.2 Å². The molecule has 2 aliphatic rings. The van der Waals surface area contributed by atoms with E-state index in [-0.39, 0.29) is 0 Å². The Balaban J connectivity index is 1.92. The molecule has 0 aliphatic carbocycles. The van der Waals surface area contributed by atoms with Crippen molar-refractivity contribution in [2.75, 3.05) is 4.90 Å². The van der Waals surface area contributed by atoms with Gasteiger partial charge in [0.05, 0.1) is 0 Å². The van der Waals surface area contributed by atoms with Crippen LogP contribution in [0.4, 0.5) is 5.82 Å². The van der Waals surface area contributed by atoms with E-state index < -0.39 is 0 Å². The number of halogens is 1. The number of anilines is 1. The van der Waals surface area contributed by atoms with E-state index in [1.807, 2.05) is 6.20 Å². The maximum absolute atomic E-state index is 6.10. The normalized spacial score (nSPS) is 31.9. The smallest absolute Gasteiger partial charge is 0.129 e. The second kappa shape index (κ2) is 4.25. The molecule has 2 N–H and O–H groups in total. The Kier molecular flexibility index (Phi) is 2.87. The number of piperidine rings is 1. The molecule has 1 aromatic heterocycles. The molecular formula is C13H18BrN3. The van der Waals surface area contributed by atoms with E-state index in [2.05, 4.69) is 38.8 Å². The summed E-state index contributed by atoms with van der Waals surface area (Å²) in [5.74, 6) is 1.13. The molecule has 4 heteroatoms. The molecule has 2 fully saturated rings. The average Bonchev–Trinajstić information content (AvgIpc) is 2.55. The molecule has 2 aliphatic heterocycles. The first-order chi connectivity index (χ1) is 8.15. The van der Waals surface area contributed by atoms with Crippen molar-refractivity contribution in [1.29, 1.82) is 0 Å². The summed E-state index contributed by atoms with van der Waals surface area (Å²) in [6.45, 7) is 2.12. The van der Waals surface area contributed by atoms with Crippen LogP contribution in [0, 0.1) is 6.92 Å². The molecule has 2 saturated heterocycles. The third kappa shape index (κ3) is 1.97. The zero-order chi connectivity index (χ0) is 12.0. The van der Waals surface area contributed by atoms with Crippen LogP contribution in [-0.2, 0) is 0 Å². The minimum Gasteiger partial charge on any atom is -0.351 e. The van der Waals surface area contributed by atoms with Crippen molar-refractivity contribution in [3.05, 3.63) is 22.3 Å². The van der Waals surface area contributed by atoms with Crippen molar-refractivity contribution >= 4 is 21.7 Å². The summed E-state index contributed by atoms with van der Waals surface area (Å²) in [5.41, 5.74) is 7.35. The van der Waals surface area contributed by atoms with E-state index >= 15 is 0 Å². The Hall–Kier alpha value is -0.610. The van der Waals surface area contributed by atoms with Gasteiger partial charge in [0.15, 0.2) is 0 Å². The number of aromatic nitrogens is 1. The van der Waals surface area contributed by atoms with Gasteiger partial charge in [0.25, 0.3) is 0 Å². The molecule has 1 aromatic rings. The summed E-state index contributed by atoms with van der Waals surface area (Å²) in [4.78, 5) is 7.07. The number of nitrogens with zero attached hydrogens (tertiary/aromatic N) is 2. The molecule has 2 bridgehead atoms. The highest BCUT2D eigenvalue weighted by Gasteiger charge is 2.40. The number of hydrogen-bond donors (Lipinski definition) is 1. The van der Waals surface area contributed by atoms with Crippen LogP contribution < -0.4 is 10.6 Å². The molecular weight excluding hydrogens is 278 g/mol. The lowest BCUT2D eigenvalue weighted by atomic mass is 9.98. The van der Waals surface area contributed by atoms with Gasteiger partial charge in [-0.3, -0.25) is 0 Å². The molecule has 0 amide bonds. The number of hydrogen-bond acceptors (Lipinski definition) is 3. The third-order valence-electron chi connectivity index (χ3n) is 4.07. The Labute approximate surface area is 111 Å². The fourth-order valence-electron chi connectivity index (χ4n) is 3.26. The van der Waals surface area contributed by atoms with Crippen LogP contribution in [0.25, 0.3) is 0 Å². The predicted octanol–water partition coefficient (Wildman–Crippen LogP) is 2.61. The van der Waals surface area contributed by atoms with E-state index in [0.717, 1.165) is 23.1 Å². The Morgan fingerprint density at radius 3 is 2.59 bits per heavy atom. The molecule has 0 saturated carbocycles. The van der Waals surface area contributed by atoms with Gasteiger partial charge in [-0.25, -0.2) is 4.98 Å². The first-order valence-corrected chi connectivity index (χ1v) is 7.10. The molecule has 0 radical (unpaired) electrons. The molecule has 3 heterocycles. The average molecular weight is 296 g/mol. The van der Waals surface area contributed by atoms with Crippen molar-refractivity contribution in [2.24, 2.45) is 5.73 Å². The first-order valence-electron chi connectivity index (χ1n) is 6.31. The van der Waals surface area contributed by atoms with Crippen molar-refractivity contribution in [3.8, 4) is 0 Å². The standard InChI is InChI=1S/C13H18BrN3/c1-8-4-13(16-7-12(8)14)17-10-2-3-11(17)6-9(15)5-10/h4,7,9-11H,2-3,5-6,15H2,1H3. The second-order valence-electron chi connectivity index (χ2n) is 5.32. The highest BCUT2D eigenvalue weighted by Crippen LogP contribution is 2.38. The molecule has 92 valence electrons. The summed E-state index contributed by atoms with van der Waals surface area (Å²) in [7, 11) is 0.